The third-order valence-corrected chi connectivity index (χ3v) is 5.03. The number of aromatic nitrogens is 4. The van der Waals surface area contributed by atoms with E-state index in [1.165, 1.54) is 43.4 Å². The van der Waals surface area contributed by atoms with Crippen LogP contribution in [0.4, 0.5) is 37.8 Å². The van der Waals surface area contributed by atoms with Crippen LogP contribution in [0.1, 0.15) is 21.6 Å². The van der Waals surface area contributed by atoms with Crippen LogP contribution in [0, 0.1) is 0 Å². The van der Waals surface area contributed by atoms with Crippen LogP contribution < -0.4 is 5.32 Å². The van der Waals surface area contributed by atoms with Gasteiger partial charge in [-0.3, -0.25) is 4.79 Å². The van der Waals surface area contributed by atoms with Crippen molar-refractivity contribution in [1.82, 2.24) is 24.8 Å². The molecular weight excluding hydrogens is 490 g/mol. The van der Waals surface area contributed by atoms with Crippen LogP contribution in [-0.2, 0) is 12.4 Å². The quantitative estimate of drug-likeness (QED) is 0.365. The predicted octanol–water partition coefficient (Wildman–Crippen LogP) is 5.57. The zero-order valence-corrected chi connectivity index (χ0v) is 18.6. The first kappa shape index (κ1) is 24.8. The van der Waals surface area contributed by atoms with E-state index in [0.29, 0.717) is 17.3 Å². The van der Waals surface area contributed by atoms with E-state index in [1.807, 2.05) is 0 Å². The Hall–Kier alpha value is -4.29. The molecule has 4 aromatic heterocycles. The first-order chi connectivity index (χ1) is 16.8. The van der Waals surface area contributed by atoms with Crippen molar-refractivity contribution in [2.45, 2.75) is 12.4 Å². The number of carbonyl (C=O) groups excluding carboxylic acids is 1. The fourth-order valence-corrected chi connectivity index (χ4v) is 3.27. The second-order valence-electron chi connectivity index (χ2n) is 7.77. The number of halogens is 6. The molecule has 0 bridgehead atoms. The van der Waals surface area contributed by atoms with E-state index < -0.39 is 35.1 Å². The van der Waals surface area contributed by atoms with Gasteiger partial charge in [0.25, 0.3) is 5.91 Å². The SMILES string of the molecule is CN(C)C(=O)c1ccc(C(F)(F)F)c(-c2ccc3c(Nc4ccc(C(F)(F)F)cn4)ccnc3n2)n1. The molecule has 1 N–H and O–H groups in total. The van der Waals surface area contributed by atoms with Gasteiger partial charge in [-0.05, 0) is 42.5 Å². The maximum Gasteiger partial charge on any atom is 0.418 e. The van der Waals surface area contributed by atoms with E-state index in [9.17, 15) is 31.1 Å². The molecule has 7 nitrogen and oxygen atoms in total. The van der Waals surface area contributed by atoms with Crippen molar-refractivity contribution in [2.24, 2.45) is 0 Å². The maximum absolute atomic E-state index is 13.7. The Kier molecular flexibility index (Phi) is 6.24. The summed E-state index contributed by atoms with van der Waals surface area (Å²) in [6.07, 6.45) is -7.29. The van der Waals surface area contributed by atoms with Gasteiger partial charge >= 0.3 is 12.4 Å². The highest BCUT2D eigenvalue weighted by Gasteiger charge is 2.36. The molecule has 186 valence electrons. The number of alkyl halides is 6. The largest absolute Gasteiger partial charge is 0.418 e. The van der Waals surface area contributed by atoms with Crippen molar-refractivity contribution >= 4 is 28.4 Å². The number of hydrogen-bond donors (Lipinski definition) is 1. The van der Waals surface area contributed by atoms with Gasteiger partial charge in [0.1, 0.15) is 17.2 Å². The summed E-state index contributed by atoms with van der Waals surface area (Å²) in [6, 6.07) is 8.01. The van der Waals surface area contributed by atoms with Gasteiger partial charge in [-0.25, -0.2) is 19.9 Å². The second-order valence-corrected chi connectivity index (χ2v) is 7.77. The Morgan fingerprint density at radius 2 is 1.61 bits per heavy atom. The number of amides is 1. The van der Waals surface area contributed by atoms with Crippen molar-refractivity contribution in [2.75, 3.05) is 19.4 Å². The number of carbonyl (C=O) groups is 1. The Bertz CT molecular complexity index is 1430. The Balaban J connectivity index is 1.75. The molecule has 4 heterocycles. The minimum Gasteiger partial charge on any atom is -0.343 e. The first-order valence-electron chi connectivity index (χ1n) is 10.2. The Morgan fingerprint density at radius 3 is 2.22 bits per heavy atom. The van der Waals surface area contributed by atoms with Crippen molar-refractivity contribution in [1.29, 1.82) is 0 Å². The number of nitrogens with zero attached hydrogens (tertiary/aromatic N) is 5. The van der Waals surface area contributed by atoms with Gasteiger partial charge in [0.2, 0.25) is 0 Å². The molecule has 13 heteroatoms. The molecule has 0 radical (unpaired) electrons. The molecule has 0 saturated heterocycles. The number of rotatable bonds is 4. The van der Waals surface area contributed by atoms with E-state index in [1.54, 1.807) is 0 Å². The molecule has 4 rings (SSSR count). The summed E-state index contributed by atoms with van der Waals surface area (Å²) in [4.78, 5) is 29.4. The fourth-order valence-electron chi connectivity index (χ4n) is 3.27. The van der Waals surface area contributed by atoms with Crippen LogP contribution in [0.3, 0.4) is 0 Å². The highest BCUT2D eigenvalue weighted by molar-refractivity contribution is 5.93. The highest BCUT2D eigenvalue weighted by Crippen LogP contribution is 2.37. The molecule has 0 fully saturated rings. The smallest absolute Gasteiger partial charge is 0.343 e. The molecule has 0 spiro atoms. The highest BCUT2D eigenvalue weighted by atomic mass is 19.4. The zero-order chi connectivity index (χ0) is 26.3. The number of anilines is 2. The van der Waals surface area contributed by atoms with Gasteiger partial charge in [0.15, 0.2) is 5.65 Å². The molecule has 0 aliphatic heterocycles. The summed E-state index contributed by atoms with van der Waals surface area (Å²) < 4.78 is 79.4. The molecule has 0 atom stereocenters. The number of fused-ring (bicyclic) bond motifs is 1. The van der Waals surface area contributed by atoms with Crippen LogP contribution in [0.5, 0.6) is 0 Å². The normalized spacial score (nSPS) is 12.0. The molecule has 0 aliphatic carbocycles. The van der Waals surface area contributed by atoms with Crippen LogP contribution in [0.2, 0.25) is 0 Å². The summed E-state index contributed by atoms with van der Waals surface area (Å²) in [5.74, 6) is -0.477. The third kappa shape index (κ3) is 5.04. The van der Waals surface area contributed by atoms with E-state index in [0.717, 1.165) is 24.3 Å². The summed E-state index contributed by atoms with van der Waals surface area (Å²) in [7, 11) is 2.89. The summed E-state index contributed by atoms with van der Waals surface area (Å²) >= 11 is 0. The van der Waals surface area contributed by atoms with E-state index in [-0.39, 0.29) is 22.9 Å². The summed E-state index contributed by atoms with van der Waals surface area (Å²) in [6.45, 7) is 0. The Morgan fingerprint density at radius 1 is 0.861 bits per heavy atom. The number of hydrogen-bond acceptors (Lipinski definition) is 6. The van der Waals surface area contributed by atoms with Crippen molar-refractivity contribution in [3.05, 3.63) is 71.7 Å². The maximum atomic E-state index is 13.7. The molecule has 0 aromatic carbocycles. The van der Waals surface area contributed by atoms with Gasteiger partial charge in [-0.1, -0.05) is 0 Å². The van der Waals surface area contributed by atoms with Gasteiger partial charge < -0.3 is 10.2 Å². The standard InChI is InChI=1S/C23H16F6N6O/c1-35(2)21(36)17-7-5-14(23(27,28)29)19(33-17)16-6-4-13-15(9-10-30-20(13)34-16)32-18-8-3-12(11-31-18)22(24,25)26/h3-11H,1-2H3,(H,30,31,32,34). The van der Waals surface area contributed by atoms with E-state index in [2.05, 4.69) is 25.3 Å². The minimum atomic E-state index is -4.76. The zero-order valence-electron chi connectivity index (χ0n) is 18.6. The molecule has 4 aromatic rings. The monoisotopic (exact) mass is 506 g/mol. The molecule has 0 unspecified atom stereocenters. The van der Waals surface area contributed by atoms with Gasteiger partial charge in [0.05, 0.1) is 22.5 Å². The second kappa shape index (κ2) is 9.06. The van der Waals surface area contributed by atoms with Crippen molar-refractivity contribution in [3.63, 3.8) is 0 Å². The van der Waals surface area contributed by atoms with E-state index >= 15 is 0 Å². The van der Waals surface area contributed by atoms with Crippen LogP contribution in [0.15, 0.2) is 54.9 Å². The number of pyridine rings is 4. The summed E-state index contributed by atoms with van der Waals surface area (Å²) in [5, 5.41) is 3.22. The van der Waals surface area contributed by atoms with Crippen molar-refractivity contribution in [3.8, 4) is 11.4 Å². The topological polar surface area (TPSA) is 83.9 Å². The lowest BCUT2D eigenvalue weighted by molar-refractivity contribution is -0.138. The van der Waals surface area contributed by atoms with Crippen LogP contribution in [0.25, 0.3) is 22.4 Å². The van der Waals surface area contributed by atoms with E-state index in [4.69, 9.17) is 0 Å². The number of nitrogens with one attached hydrogen (secondary N) is 1. The van der Waals surface area contributed by atoms with Crippen LogP contribution in [-0.4, -0.2) is 44.8 Å². The van der Waals surface area contributed by atoms with Crippen LogP contribution >= 0.6 is 0 Å². The van der Waals surface area contributed by atoms with Gasteiger partial charge in [-0.15, -0.1) is 0 Å². The Labute approximate surface area is 199 Å². The molecular formula is C23H16F6N6O. The molecule has 36 heavy (non-hydrogen) atoms. The predicted molar refractivity (Wildman–Crippen MR) is 118 cm³/mol. The minimum absolute atomic E-state index is 0.0451. The van der Waals surface area contributed by atoms with Gasteiger partial charge in [-0.2, -0.15) is 26.3 Å². The fraction of sp³-hybridized carbons (Fsp3) is 0.174. The van der Waals surface area contributed by atoms with Crippen molar-refractivity contribution < 1.29 is 31.1 Å². The lowest BCUT2D eigenvalue weighted by Crippen LogP contribution is -2.23. The summed E-state index contributed by atoms with van der Waals surface area (Å²) in [5.41, 5.74) is -2.48. The lowest BCUT2D eigenvalue weighted by Gasteiger charge is -2.15. The lowest BCUT2D eigenvalue weighted by atomic mass is 10.1. The average molecular weight is 506 g/mol. The molecule has 1 amide bonds. The first-order valence-corrected chi connectivity index (χ1v) is 10.2. The molecule has 0 saturated carbocycles. The van der Waals surface area contributed by atoms with Gasteiger partial charge in [0, 0.05) is 31.9 Å². The third-order valence-electron chi connectivity index (χ3n) is 5.03. The molecule has 0 aliphatic rings. The average Bonchev–Trinajstić information content (AvgIpc) is 2.82.